The van der Waals surface area contributed by atoms with Crippen LogP contribution in [-0.4, -0.2) is 98.7 Å². The van der Waals surface area contributed by atoms with Crippen LogP contribution >= 0.6 is 0 Å². The summed E-state index contributed by atoms with van der Waals surface area (Å²) in [6.45, 7) is 3.60. The molecule has 10 nitrogen and oxygen atoms in total. The van der Waals surface area contributed by atoms with Gasteiger partial charge in [-0.1, -0.05) is 192 Å². The van der Waals surface area contributed by atoms with Crippen molar-refractivity contribution in [2.45, 2.75) is 262 Å². The van der Waals surface area contributed by atoms with Gasteiger partial charge in [0, 0.05) is 0 Å². The summed E-state index contributed by atoms with van der Waals surface area (Å²) in [6.07, 6.45) is 35.5. The number of hydrogen-bond acceptors (Lipinski definition) is 9. The van der Waals surface area contributed by atoms with Crippen molar-refractivity contribution in [3.8, 4) is 0 Å². The van der Waals surface area contributed by atoms with E-state index in [4.69, 9.17) is 9.47 Å². The Bertz CT molecular complexity index is 979. The normalized spacial score (nSPS) is 21.6. The highest BCUT2D eigenvalue weighted by molar-refractivity contribution is 5.80. The lowest BCUT2D eigenvalue weighted by Gasteiger charge is -2.40. The molecule has 0 radical (unpaired) electrons. The minimum atomic E-state index is -1.61. The molecule has 0 bridgehead atoms. The van der Waals surface area contributed by atoms with Gasteiger partial charge < -0.3 is 45.4 Å². The zero-order valence-electron chi connectivity index (χ0n) is 37.2. The number of allylic oxidation sites excluding steroid dienone is 3. The number of nitrogens with one attached hydrogen (secondary N) is 1. The number of amides is 1. The molecule has 0 aromatic rings. The van der Waals surface area contributed by atoms with Gasteiger partial charge in [0.2, 0.25) is 5.91 Å². The fourth-order valence-corrected chi connectivity index (χ4v) is 7.63. The average Bonchev–Trinajstić information content (AvgIpc) is 3.22. The van der Waals surface area contributed by atoms with Gasteiger partial charge in [-0.3, -0.25) is 4.79 Å². The fourth-order valence-electron chi connectivity index (χ4n) is 7.63. The molecule has 0 saturated carbocycles. The maximum absolute atomic E-state index is 13.0. The van der Waals surface area contributed by atoms with E-state index in [1.165, 1.54) is 148 Å². The quantitative estimate of drug-likeness (QED) is 0.0235. The summed E-state index contributed by atoms with van der Waals surface area (Å²) in [4.78, 5) is 13.0. The first-order valence-corrected chi connectivity index (χ1v) is 24.2. The number of aliphatic hydroxyl groups is 6. The first-order valence-electron chi connectivity index (χ1n) is 24.2. The molecule has 58 heavy (non-hydrogen) atoms. The molecule has 0 aliphatic carbocycles. The minimum absolute atomic E-state index is 0.304. The molecule has 1 aliphatic rings. The van der Waals surface area contributed by atoms with Crippen molar-refractivity contribution in [1.29, 1.82) is 0 Å². The maximum atomic E-state index is 13.0. The smallest absolute Gasteiger partial charge is 0.249 e. The highest BCUT2D eigenvalue weighted by Gasteiger charge is 2.44. The predicted octanol–water partition coefficient (Wildman–Crippen LogP) is 9.25. The van der Waals surface area contributed by atoms with Crippen molar-refractivity contribution < 1.29 is 44.9 Å². The van der Waals surface area contributed by atoms with E-state index in [1.807, 2.05) is 6.08 Å². The van der Waals surface area contributed by atoms with Crippen LogP contribution in [-0.2, 0) is 14.3 Å². The largest absolute Gasteiger partial charge is 0.394 e. The molecule has 8 atom stereocenters. The standard InChI is InChI=1S/C48H91NO9/c1-3-5-7-9-11-13-15-17-18-19-20-21-22-23-25-27-29-31-33-35-37-42(52)47(56)49-40(39-57-48-46(55)45(54)44(53)43(38-50)58-48)41(51)36-34-32-30-28-26-24-16-14-12-10-8-6-4-2/h17-18,34,36,40-46,48,50-55H,3-16,19-33,35,37-39H2,1-2H3,(H,49,56)/b18-17-,36-34+/t40-,41+,42+,43+,44+,45-,46+,48+/m0/s1. The maximum Gasteiger partial charge on any atom is 0.249 e. The molecule has 1 heterocycles. The molecule has 1 fully saturated rings. The first-order chi connectivity index (χ1) is 28.3. The SMILES string of the molecule is CCCCCCCC/C=C\CCCCCCCCCCCC[C@@H](O)C(=O)N[C@@H](CO[C@@H]1O[C@H](CO)[C@@H](O)[C@H](O)[C@H]1O)[C@H](O)/C=C/CCCCCCCCCCCCC. The third-order valence-corrected chi connectivity index (χ3v) is 11.6. The Kier molecular flexibility index (Phi) is 36.3. The van der Waals surface area contributed by atoms with Gasteiger partial charge in [-0.05, 0) is 44.9 Å². The Labute approximate surface area is 354 Å². The monoisotopic (exact) mass is 826 g/mol. The molecule has 0 unspecified atom stereocenters. The highest BCUT2D eigenvalue weighted by Crippen LogP contribution is 2.23. The van der Waals surface area contributed by atoms with E-state index in [1.54, 1.807) is 6.08 Å². The van der Waals surface area contributed by atoms with Crippen molar-refractivity contribution in [3.63, 3.8) is 0 Å². The molecule has 1 amide bonds. The topological polar surface area (TPSA) is 169 Å². The summed E-state index contributed by atoms with van der Waals surface area (Å²) >= 11 is 0. The number of rotatable bonds is 40. The van der Waals surface area contributed by atoms with Gasteiger partial charge in [-0.25, -0.2) is 0 Å². The second-order valence-electron chi connectivity index (χ2n) is 17.0. The van der Waals surface area contributed by atoms with Gasteiger partial charge in [-0.2, -0.15) is 0 Å². The van der Waals surface area contributed by atoms with Crippen LogP contribution in [0.1, 0.15) is 213 Å². The molecule has 1 saturated heterocycles. The predicted molar refractivity (Wildman–Crippen MR) is 236 cm³/mol. The number of unbranched alkanes of at least 4 members (excludes halogenated alkanes) is 27. The van der Waals surface area contributed by atoms with Crippen molar-refractivity contribution in [1.82, 2.24) is 5.32 Å². The molecular formula is C48H91NO9. The fraction of sp³-hybridized carbons (Fsp3) is 0.896. The second kappa shape index (κ2) is 38.5. The Morgan fingerprint density at radius 3 is 1.45 bits per heavy atom. The molecule has 1 aliphatic heterocycles. The molecule has 342 valence electrons. The van der Waals surface area contributed by atoms with Crippen molar-refractivity contribution >= 4 is 5.91 Å². The Morgan fingerprint density at radius 1 is 0.586 bits per heavy atom. The summed E-state index contributed by atoms with van der Waals surface area (Å²) in [6, 6.07) is -0.977. The molecule has 0 aromatic heterocycles. The summed E-state index contributed by atoms with van der Waals surface area (Å²) in [5.74, 6) is -0.617. The van der Waals surface area contributed by atoms with Gasteiger partial charge in [-0.15, -0.1) is 0 Å². The average molecular weight is 826 g/mol. The van der Waals surface area contributed by atoms with Crippen LogP contribution in [0.2, 0.25) is 0 Å². The third-order valence-electron chi connectivity index (χ3n) is 11.6. The van der Waals surface area contributed by atoms with E-state index in [0.29, 0.717) is 12.8 Å². The van der Waals surface area contributed by atoms with Crippen LogP contribution in [0.5, 0.6) is 0 Å². The van der Waals surface area contributed by atoms with Gasteiger partial charge in [0.25, 0.3) is 0 Å². The molecule has 0 spiro atoms. The zero-order valence-corrected chi connectivity index (χ0v) is 37.2. The van der Waals surface area contributed by atoms with Gasteiger partial charge in [0.05, 0.1) is 25.4 Å². The number of hydrogen-bond donors (Lipinski definition) is 7. The van der Waals surface area contributed by atoms with E-state index < -0.39 is 61.5 Å². The number of ether oxygens (including phenoxy) is 2. The Morgan fingerprint density at radius 2 is 1.00 bits per heavy atom. The lowest BCUT2D eigenvalue weighted by molar-refractivity contribution is -0.302. The highest BCUT2D eigenvalue weighted by atomic mass is 16.7. The molecule has 0 aromatic carbocycles. The number of aliphatic hydroxyl groups excluding tert-OH is 6. The van der Waals surface area contributed by atoms with Crippen LogP contribution in [0, 0.1) is 0 Å². The van der Waals surface area contributed by atoms with E-state index in [2.05, 4.69) is 31.3 Å². The van der Waals surface area contributed by atoms with Crippen LogP contribution < -0.4 is 5.32 Å². The second-order valence-corrected chi connectivity index (χ2v) is 17.0. The van der Waals surface area contributed by atoms with Crippen LogP contribution in [0.25, 0.3) is 0 Å². The van der Waals surface area contributed by atoms with Crippen LogP contribution in [0.4, 0.5) is 0 Å². The summed E-state index contributed by atoms with van der Waals surface area (Å²) in [5, 5.41) is 64.7. The van der Waals surface area contributed by atoms with Gasteiger partial charge in [0.15, 0.2) is 6.29 Å². The lowest BCUT2D eigenvalue weighted by atomic mass is 9.99. The molecule has 7 N–H and O–H groups in total. The van der Waals surface area contributed by atoms with Crippen molar-refractivity contribution in [2.75, 3.05) is 13.2 Å². The van der Waals surface area contributed by atoms with Crippen LogP contribution in [0.3, 0.4) is 0 Å². The third kappa shape index (κ3) is 28.2. The van der Waals surface area contributed by atoms with Crippen LogP contribution in [0.15, 0.2) is 24.3 Å². The first kappa shape index (κ1) is 54.6. The van der Waals surface area contributed by atoms with E-state index >= 15 is 0 Å². The summed E-state index contributed by atoms with van der Waals surface area (Å²) < 4.78 is 11.1. The minimum Gasteiger partial charge on any atom is -0.394 e. The Hall–Kier alpha value is -1.37. The van der Waals surface area contributed by atoms with Crippen molar-refractivity contribution in [3.05, 3.63) is 24.3 Å². The molecular weight excluding hydrogens is 735 g/mol. The van der Waals surface area contributed by atoms with E-state index in [0.717, 1.165) is 38.5 Å². The zero-order chi connectivity index (χ0) is 42.5. The van der Waals surface area contributed by atoms with Gasteiger partial charge in [0.1, 0.15) is 30.5 Å². The van der Waals surface area contributed by atoms with Crippen molar-refractivity contribution in [2.24, 2.45) is 0 Å². The molecule has 1 rings (SSSR count). The summed E-state index contributed by atoms with van der Waals surface area (Å²) in [5.41, 5.74) is 0. The number of carbonyl (C=O) groups excluding carboxylic acids is 1. The van der Waals surface area contributed by atoms with E-state index in [-0.39, 0.29) is 6.61 Å². The Balaban J connectivity index is 2.36. The lowest BCUT2D eigenvalue weighted by Crippen LogP contribution is -2.60. The summed E-state index contributed by atoms with van der Waals surface area (Å²) in [7, 11) is 0. The van der Waals surface area contributed by atoms with E-state index in [9.17, 15) is 35.4 Å². The van der Waals surface area contributed by atoms with Gasteiger partial charge >= 0.3 is 0 Å². The molecule has 10 heteroatoms. The number of carbonyl (C=O) groups is 1.